The van der Waals surface area contributed by atoms with Gasteiger partial charge in [-0.2, -0.15) is 0 Å². The van der Waals surface area contributed by atoms with Gasteiger partial charge in [-0.25, -0.2) is 9.59 Å². The summed E-state index contributed by atoms with van der Waals surface area (Å²) in [6, 6.07) is 1.41. The molecule has 2 amide bonds. The molecule has 2 rings (SSSR count). The maximum absolute atomic E-state index is 11.8. The van der Waals surface area contributed by atoms with Crippen molar-refractivity contribution in [3.05, 3.63) is 24.0 Å². The minimum absolute atomic E-state index is 0.0424. The average molecular weight is 292 g/mol. The number of nitrogens with one attached hydrogen (secondary N) is 2. The van der Waals surface area contributed by atoms with E-state index in [4.69, 9.17) is 5.11 Å². The van der Waals surface area contributed by atoms with Crippen molar-refractivity contribution in [1.82, 2.24) is 15.2 Å². The van der Waals surface area contributed by atoms with Gasteiger partial charge in [0.25, 0.3) is 0 Å². The van der Waals surface area contributed by atoms with Gasteiger partial charge in [0.15, 0.2) is 0 Å². The van der Waals surface area contributed by atoms with Gasteiger partial charge in [0.1, 0.15) is 0 Å². The molecule has 114 valence electrons. The second-order valence-corrected chi connectivity index (χ2v) is 5.03. The number of aromatic nitrogens is 1. The third-order valence-corrected chi connectivity index (χ3v) is 3.65. The molecule has 0 aliphatic carbocycles. The summed E-state index contributed by atoms with van der Waals surface area (Å²) >= 11 is 0. The van der Waals surface area contributed by atoms with Crippen LogP contribution in [0.2, 0.25) is 0 Å². The normalized spacial score (nSPS) is 18.4. The Morgan fingerprint density at radius 1 is 1.48 bits per heavy atom. The van der Waals surface area contributed by atoms with Crippen LogP contribution in [0.25, 0.3) is 0 Å². The molecule has 1 aromatic rings. The van der Waals surface area contributed by atoms with E-state index in [1.807, 2.05) is 0 Å². The fraction of sp³-hybridized carbons (Fsp3) is 0.500. The molecule has 21 heavy (non-hydrogen) atoms. The predicted molar refractivity (Wildman–Crippen MR) is 78.5 cm³/mol. The fourth-order valence-corrected chi connectivity index (χ4v) is 2.55. The van der Waals surface area contributed by atoms with E-state index >= 15 is 0 Å². The summed E-state index contributed by atoms with van der Waals surface area (Å²) in [5, 5.41) is 14.3. The lowest BCUT2D eigenvalue weighted by atomic mass is 10.2. The van der Waals surface area contributed by atoms with E-state index in [1.54, 1.807) is 0 Å². The van der Waals surface area contributed by atoms with Crippen LogP contribution in [0.4, 0.5) is 10.5 Å². The Labute approximate surface area is 123 Å². The second kappa shape index (κ2) is 7.03. The van der Waals surface area contributed by atoms with E-state index in [1.165, 1.54) is 18.5 Å². The maximum Gasteiger partial charge on any atom is 0.337 e. The quantitative estimate of drug-likeness (QED) is 0.762. The van der Waals surface area contributed by atoms with Gasteiger partial charge in [-0.05, 0) is 32.0 Å². The second-order valence-electron chi connectivity index (χ2n) is 5.03. The van der Waals surface area contributed by atoms with Gasteiger partial charge in [-0.3, -0.25) is 9.88 Å². The molecule has 2 heterocycles. The van der Waals surface area contributed by atoms with E-state index in [-0.39, 0.29) is 11.6 Å². The Balaban J connectivity index is 1.84. The fourth-order valence-electron chi connectivity index (χ4n) is 2.55. The highest BCUT2D eigenvalue weighted by Gasteiger charge is 2.23. The van der Waals surface area contributed by atoms with Crippen LogP contribution in [0.1, 0.15) is 30.1 Å². The van der Waals surface area contributed by atoms with Crippen LogP contribution in [-0.4, -0.2) is 52.7 Å². The first-order valence-electron chi connectivity index (χ1n) is 7.07. The van der Waals surface area contributed by atoms with Gasteiger partial charge in [0.2, 0.25) is 0 Å². The van der Waals surface area contributed by atoms with Gasteiger partial charge in [-0.1, -0.05) is 6.92 Å². The number of hydrogen-bond acceptors (Lipinski definition) is 4. The van der Waals surface area contributed by atoms with Gasteiger partial charge in [0, 0.05) is 18.8 Å². The van der Waals surface area contributed by atoms with Crippen molar-refractivity contribution in [2.24, 2.45) is 0 Å². The zero-order chi connectivity index (χ0) is 15.2. The summed E-state index contributed by atoms with van der Waals surface area (Å²) < 4.78 is 0. The molecule has 7 heteroatoms. The number of amides is 2. The Morgan fingerprint density at radius 3 is 3.00 bits per heavy atom. The number of carbonyl (C=O) groups is 2. The first kappa shape index (κ1) is 15.2. The zero-order valence-electron chi connectivity index (χ0n) is 12.0. The number of carbonyl (C=O) groups excluding carboxylic acids is 1. The lowest BCUT2D eigenvalue weighted by Crippen LogP contribution is -2.41. The highest BCUT2D eigenvalue weighted by Crippen LogP contribution is 2.15. The van der Waals surface area contributed by atoms with E-state index in [0.717, 1.165) is 25.9 Å². The first-order valence-corrected chi connectivity index (χ1v) is 7.07. The topological polar surface area (TPSA) is 94.6 Å². The van der Waals surface area contributed by atoms with Crippen LogP contribution >= 0.6 is 0 Å². The largest absolute Gasteiger partial charge is 0.478 e. The van der Waals surface area contributed by atoms with E-state index in [0.29, 0.717) is 18.3 Å². The maximum atomic E-state index is 11.8. The summed E-state index contributed by atoms with van der Waals surface area (Å²) in [7, 11) is 0. The standard InChI is InChI=1S/C14H20N4O3/c1-2-18-5-3-4-12(18)9-16-14(21)17-11-6-10(13(19)20)7-15-8-11/h6-8,12H,2-5,9H2,1H3,(H,19,20)(H2,16,17,21). The number of rotatable bonds is 5. The average Bonchev–Trinajstić information content (AvgIpc) is 2.93. The van der Waals surface area contributed by atoms with Crippen molar-refractivity contribution in [2.45, 2.75) is 25.8 Å². The van der Waals surface area contributed by atoms with Crippen molar-refractivity contribution in [3.8, 4) is 0 Å². The van der Waals surface area contributed by atoms with Crippen molar-refractivity contribution in [3.63, 3.8) is 0 Å². The van der Waals surface area contributed by atoms with Crippen molar-refractivity contribution < 1.29 is 14.7 Å². The highest BCUT2D eigenvalue weighted by atomic mass is 16.4. The molecule has 0 bridgehead atoms. The van der Waals surface area contributed by atoms with Crippen molar-refractivity contribution in [2.75, 3.05) is 25.0 Å². The molecule has 1 aliphatic rings. The Morgan fingerprint density at radius 2 is 2.29 bits per heavy atom. The van der Waals surface area contributed by atoms with E-state index in [2.05, 4.69) is 27.4 Å². The number of aromatic carboxylic acids is 1. The smallest absolute Gasteiger partial charge is 0.337 e. The molecule has 1 saturated heterocycles. The number of hydrogen-bond donors (Lipinski definition) is 3. The Bertz CT molecular complexity index is 521. The summed E-state index contributed by atoms with van der Waals surface area (Å²) in [4.78, 5) is 28.8. The number of carboxylic acids is 1. The third kappa shape index (κ3) is 4.16. The molecule has 0 saturated carbocycles. The van der Waals surface area contributed by atoms with Crippen LogP contribution in [0.15, 0.2) is 18.5 Å². The summed E-state index contributed by atoms with van der Waals surface area (Å²) in [6.07, 6.45) is 4.90. The lowest BCUT2D eigenvalue weighted by Gasteiger charge is -2.22. The molecule has 3 N–H and O–H groups in total. The third-order valence-electron chi connectivity index (χ3n) is 3.65. The summed E-state index contributed by atoms with van der Waals surface area (Å²) in [5.41, 5.74) is 0.409. The number of anilines is 1. The summed E-state index contributed by atoms with van der Waals surface area (Å²) in [5.74, 6) is -1.07. The molecule has 7 nitrogen and oxygen atoms in total. The van der Waals surface area contributed by atoms with Gasteiger partial charge in [-0.15, -0.1) is 0 Å². The molecule has 1 atom stereocenters. The SMILES string of the molecule is CCN1CCCC1CNC(=O)Nc1cncc(C(=O)O)c1. The Kier molecular flexibility index (Phi) is 5.10. The lowest BCUT2D eigenvalue weighted by molar-refractivity contribution is 0.0696. The molecular weight excluding hydrogens is 272 g/mol. The minimum Gasteiger partial charge on any atom is -0.478 e. The molecule has 1 aliphatic heterocycles. The van der Waals surface area contributed by atoms with E-state index < -0.39 is 5.97 Å². The predicted octanol–water partition coefficient (Wildman–Crippen LogP) is 1.39. The van der Waals surface area contributed by atoms with Crippen LogP contribution in [0.5, 0.6) is 0 Å². The number of urea groups is 1. The Hall–Kier alpha value is -2.15. The number of nitrogens with zero attached hydrogens (tertiary/aromatic N) is 2. The van der Waals surface area contributed by atoms with Crippen molar-refractivity contribution in [1.29, 1.82) is 0 Å². The molecule has 1 fully saturated rings. The molecule has 0 spiro atoms. The van der Waals surface area contributed by atoms with Gasteiger partial charge < -0.3 is 15.7 Å². The highest BCUT2D eigenvalue weighted by molar-refractivity contribution is 5.92. The number of likely N-dealkylation sites (tertiary alicyclic amines) is 1. The summed E-state index contributed by atoms with van der Waals surface area (Å²) in [6.45, 7) is 4.76. The molecule has 1 unspecified atom stereocenters. The molecule has 0 aromatic carbocycles. The van der Waals surface area contributed by atoms with Gasteiger partial charge in [0.05, 0.1) is 17.4 Å². The zero-order valence-corrected chi connectivity index (χ0v) is 12.0. The van der Waals surface area contributed by atoms with Gasteiger partial charge >= 0.3 is 12.0 Å². The van der Waals surface area contributed by atoms with Crippen LogP contribution in [-0.2, 0) is 0 Å². The number of likely N-dealkylation sites (N-methyl/N-ethyl adjacent to an activating group) is 1. The number of carboxylic acid groups (broad SMARTS) is 1. The van der Waals surface area contributed by atoms with E-state index in [9.17, 15) is 9.59 Å². The molecule has 1 aromatic heterocycles. The minimum atomic E-state index is -1.07. The molecule has 0 radical (unpaired) electrons. The van der Waals surface area contributed by atoms with Crippen LogP contribution in [0, 0.1) is 0 Å². The van der Waals surface area contributed by atoms with Crippen molar-refractivity contribution >= 4 is 17.7 Å². The monoisotopic (exact) mass is 292 g/mol. The van der Waals surface area contributed by atoms with Crippen LogP contribution in [0.3, 0.4) is 0 Å². The number of pyridine rings is 1. The first-order chi connectivity index (χ1) is 10.1. The molecular formula is C14H20N4O3. The van der Waals surface area contributed by atoms with Crippen LogP contribution < -0.4 is 10.6 Å².